The van der Waals surface area contributed by atoms with Crippen LogP contribution in [-0.4, -0.2) is 41.2 Å². The highest BCUT2D eigenvalue weighted by atomic mass is 35.5. The number of benzene rings is 2. The van der Waals surface area contributed by atoms with Crippen molar-refractivity contribution in [2.45, 2.75) is 44.7 Å². The van der Waals surface area contributed by atoms with Gasteiger partial charge in [0.05, 0.1) is 6.61 Å². The molecule has 0 unspecified atom stereocenters. The average molecular weight is 440 g/mol. The molecule has 1 aliphatic carbocycles. The number of rotatable bonds is 6. The van der Waals surface area contributed by atoms with Crippen LogP contribution in [0.4, 0.5) is 5.69 Å². The van der Waals surface area contributed by atoms with Crippen molar-refractivity contribution in [3.63, 3.8) is 0 Å². The molecule has 2 aromatic rings. The van der Waals surface area contributed by atoms with Gasteiger partial charge in [-0.15, -0.1) is 0 Å². The summed E-state index contributed by atoms with van der Waals surface area (Å²) in [6, 6.07) is 14.3. The Balaban J connectivity index is 1.52. The quantitative estimate of drug-likeness (QED) is 0.711. The second-order valence-corrected chi connectivity index (χ2v) is 8.34. The van der Waals surface area contributed by atoms with Gasteiger partial charge < -0.3 is 15.0 Å². The minimum atomic E-state index is -0.638. The number of ether oxygens (including phenoxy) is 1. The maximum absolute atomic E-state index is 13.3. The van der Waals surface area contributed by atoms with Crippen LogP contribution in [-0.2, 0) is 9.59 Å². The first-order chi connectivity index (χ1) is 15.0. The molecule has 6 nitrogen and oxygen atoms in total. The summed E-state index contributed by atoms with van der Waals surface area (Å²) in [6.45, 7) is 2.47. The first-order valence-electron chi connectivity index (χ1n) is 10.7. The van der Waals surface area contributed by atoms with Crippen LogP contribution >= 0.6 is 11.6 Å². The predicted molar refractivity (Wildman–Crippen MR) is 122 cm³/mol. The normalized spacial score (nSPS) is 17.5. The molecule has 0 bridgehead atoms. The van der Waals surface area contributed by atoms with Crippen LogP contribution in [0, 0.1) is 0 Å². The van der Waals surface area contributed by atoms with Gasteiger partial charge in [-0.05, 0) is 69.0 Å². The van der Waals surface area contributed by atoms with Crippen molar-refractivity contribution < 1.29 is 14.3 Å². The van der Waals surface area contributed by atoms with E-state index in [0.717, 1.165) is 43.4 Å². The second kappa shape index (κ2) is 9.10. The van der Waals surface area contributed by atoms with Crippen LogP contribution in [0.2, 0.25) is 5.02 Å². The molecule has 1 saturated carbocycles. The standard InChI is InChI=1S/C24H26ClN3O3/c1-2-31-20-12-10-19(11-13-20)26-21(29)16-28-23(30)22(17-6-8-18(25)9-7-17)27-24(28)14-4-3-5-15-24/h6-13H,2-5,14-16H2,1H3,(H,26,29). The van der Waals surface area contributed by atoms with Crippen LogP contribution in [0.15, 0.2) is 53.5 Å². The molecule has 1 aliphatic heterocycles. The third-order valence-electron chi connectivity index (χ3n) is 5.79. The lowest BCUT2D eigenvalue weighted by Gasteiger charge is -2.38. The number of carbonyl (C=O) groups excluding carboxylic acids is 2. The summed E-state index contributed by atoms with van der Waals surface area (Å²) >= 11 is 6.00. The van der Waals surface area contributed by atoms with Gasteiger partial charge in [0.15, 0.2) is 0 Å². The van der Waals surface area contributed by atoms with Gasteiger partial charge in [-0.25, -0.2) is 0 Å². The Morgan fingerprint density at radius 1 is 1.10 bits per heavy atom. The van der Waals surface area contributed by atoms with Gasteiger partial charge >= 0.3 is 0 Å². The topological polar surface area (TPSA) is 71.0 Å². The molecule has 4 rings (SSSR count). The third-order valence-corrected chi connectivity index (χ3v) is 6.04. The van der Waals surface area contributed by atoms with Crippen LogP contribution < -0.4 is 10.1 Å². The van der Waals surface area contributed by atoms with Crippen LogP contribution in [0.3, 0.4) is 0 Å². The van der Waals surface area contributed by atoms with E-state index >= 15 is 0 Å². The number of aliphatic imine (C=N–C) groups is 1. The first-order valence-corrected chi connectivity index (χ1v) is 11.1. The maximum atomic E-state index is 13.3. The number of anilines is 1. The molecule has 7 heteroatoms. The highest BCUT2D eigenvalue weighted by Crippen LogP contribution is 2.39. The minimum absolute atomic E-state index is 0.0351. The number of nitrogens with zero attached hydrogens (tertiary/aromatic N) is 2. The summed E-state index contributed by atoms with van der Waals surface area (Å²) in [5, 5.41) is 3.49. The van der Waals surface area contributed by atoms with Gasteiger partial charge in [0, 0.05) is 16.3 Å². The Kier molecular flexibility index (Phi) is 6.28. The predicted octanol–water partition coefficient (Wildman–Crippen LogP) is 4.67. The average Bonchev–Trinajstić information content (AvgIpc) is 3.02. The highest BCUT2D eigenvalue weighted by Gasteiger charge is 2.48. The van der Waals surface area contributed by atoms with Crippen molar-refractivity contribution in [3.05, 3.63) is 59.1 Å². The number of hydrogen-bond acceptors (Lipinski definition) is 4. The smallest absolute Gasteiger partial charge is 0.275 e. The Bertz CT molecular complexity index is 980. The minimum Gasteiger partial charge on any atom is -0.494 e. The van der Waals surface area contributed by atoms with Crippen molar-refractivity contribution in [2.24, 2.45) is 4.99 Å². The fraction of sp³-hybridized carbons (Fsp3) is 0.375. The van der Waals surface area contributed by atoms with Gasteiger partial charge in [0.1, 0.15) is 23.7 Å². The molecule has 162 valence electrons. The maximum Gasteiger partial charge on any atom is 0.275 e. The number of nitrogens with one attached hydrogen (secondary N) is 1. The Labute approximate surface area is 187 Å². The number of carbonyl (C=O) groups is 2. The van der Waals surface area contributed by atoms with E-state index in [4.69, 9.17) is 21.3 Å². The van der Waals surface area contributed by atoms with Crippen molar-refractivity contribution >= 4 is 34.8 Å². The summed E-state index contributed by atoms with van der Waals surface area (Å²) in [6.07, 6.45) is 4.63. The summed E-state index contributed by atoms with van der Waals surface area (Å²) in [5.41, 5.74) is 1.17. The molecule has 2 amide bonds. The van der Waals surface area contributed by atoms with E-state index < -0.39 is 5.66 Å². The SMILES string of the molecule is CCOc1ccc(NC(=O)CN2C(=O)C(c3ccc(Cl)cc3)=NC23CCCCC3)cc1. The lowest BCUT2D eigenvalue weighted by molar-refractivity contribution is -0.134. The van der Waals surface area contributed by atoms with E-state index in [2.05, 4.69) is 5.32 Å². The zero-order valence-electron chi connectivity index (χ0n) is 17.6. The van der Waals surface area contributed by atoms with E-state index in [9.17, 15) is 9.59 Å². The number of hydrogen-bond donors (Lipinski definition) is 1. The molecule has 1 spiro atoms. The van der Waals surface area contributed by atoms with E-state index in [1.807, 2.05) is 19.1 Å². The van der Waals surface area contributed by atoms with Gasteiger partial charge in [-0.1, -0.05) is 30.2 Å². The van der Waals surface area contributed by atoms with Crippen molar-refractivity contribution in [3.8, 4) is 5.75 Å². The van der Waals surface area contributed by atoms with Crippen molar-refractivity contribution in [1.82, 2.24) is 4.90 Å². The lowest BCUT2D eigenvalue weighted by atomic mass is 9.88. The highest BCUT2D eigenvalue weighted by molar-refractivity contribution is 6.47. The molecular weight excluding hydrogens is 414 g/mol. The van der Waals surface area contributed by atoms with Gasteiger partial charge in [-0.2, -0.15) is 0 Å². The Morgan fingerprint density at radius 2 is 1.77 bits per heavy atom. The van der Waals surface area contributed by atoms with Crippen LogP contribution in [0.1, 0.15) is 44.6 Å². The first kappa shape index (κ1) is 21.4. The molecule has 1 fully saturated rings. The lowest BCUT2D eigenvalue weighted by Crippen LogP contribution is -2.51. The monoisotopic (exact) mass is 439 g/mol. The van der Waals surface area contributed by atoms with E-state index in [1.165, 1.54) is 0 Å². The Hall–Kier alpha value is -2.86. The molecule has 0 aromatic heterocycles. The van der Waals surface area contributed by atoms with Crippen LogP contribution in [0.25, 0.3) is 0 Å². The van der Waals surface area contributed by atoms with Gasteiger partial charge in [0.2, 0.25) is 5.91 Å². The summed E-state index contributed by atoms with van der Waals surface area (Å²) < 4.78 is 5.43. The largest absolute Gasteiger partial charge is 0.494 e. The van der Waals surface area contributed by atoms with Crippen LogP contribution in [0.5, 0.6) is 5.75 Å². The molecular formula is C24H26ClN3O3. The third kappa shape index (κ3) is 4.59. The molecule has 2 aliphatic rings. The van der Waals surface area contributed by atoms with E-state index in [0.29, 0.717) is 23.0 Å². The second-order valence-electron chi connectivity index (χ2n) is 7.91. The zero-order chi connectivity index (χ0) is 21.8. The zero-order valence-corrected chi connectivity index (χ0v) is 18.3. The molecule has 1 N–H and O–H groups in total. The number of amides is 2. The number of halogens is 1. The molecule has 31 heavy (non-hydrogen) atoms. The van der Waals surface area contributed by atoms with E-state index in [1.54, 1.807) is 41.3 Å². The van der Waals surface area contributed by atoms with E-state index in [-0.39, 0.29) is 18.4 Å². The Morgan fingerprint density at radius 3 is 2.42 bits per heavy atom. The summed E-state index contributed by atoms with van der Waals surface area (Å²) in [7, 11) is 0. The molecule has 2 aromatic carbocycles. The van der Waals surface area contributed by atoms with Gasteiger partial charge in [0.25, 0.3) is 5.91 Å². The summed E-state index contributed by atoms with van der Waals surface area (Å²) in [5.74, 6) is 0.304. The fourth-order valence-corrected chi connectivity index (χ4v) is 4.42. The van der Waals surface area contributed by atoms with Crippen molar-refractivity contribution in [2.75, 3.05) is 18.5 Å². The molecule has 0 atom stereocenters. The molecule has 1 heterocycles. The van der Waals surface area contributed by atoms with Crippen molar-refractivity contribution in [1.29, 1.82) is 0 Å². The molecule has 0 saturated heterocycles. The fourth-order valence-electron chi connectivity index (χ4n) is 4.29. The molecule has 0 radical (unpaired) electrons. The van der Waals surface area contributed by atoms with Gasteiger partial charge in [-0.3, -0.25) is 14.6 Å². The summed E-state index contributed by atoms with van der Waals surface area (Å²) in [4.78, 5) is 32.7.